The van der Waals surface area contributed by atoms with Crippen LogP contribution in [0, 0.1) is 13.8 Å². The van der Waals surface area contributed by atoms with Crippen LogP contribution in [-0.2, 0) is 0 Å². The highest BCUT2D eigenvalue weighted by Crippen LogP contribution is 2.34. The first-order chi connectivity index (χ1) is 10.7. The number of para-hydroxylation sites is 2. The zero-order chi connectivity index (χ0) is 15.1. The fourth-order valence-corrected chi connectivity index (χ4v) is 3.43. The van der Waals surface area contributed by atoms with E-state index in [0.29, 0.717) is 0 Å². The molecular weight excluding hydrogens is 290 g/mol. The summed E-state index contributed by atoms with van der Waals surface area (Å²) in [6, 6.07) is 16.4. The van der Waals surface area contributed by atoms with Crippen LogP contribution in [0.2, 0.25) is 0 Å². The number of aryl methyl sites for hydroxylation is 2. The van der Waals surface area contributed by atoms with Gasteiger partial charge in [-0.15, -0.1) is 11.3 Å². The van der Waals surface area contributed by atoms with Crippen LogP contribution in [0.1, 0.15) is 10.6 Å². The van der Waals surface area contributed by atoms with Crippen LogP contribution in [0.5, 0.6) is 0 Å². The third-order valence-corrected chi connectivity index (χ3v) is 4.84. The normalized spacial score (nSPS) is 11.2. The van der Waals surface area contributed by atoms with Crippen molar-refractivity contribution in [1.29, 1.82) is 0 Å². The maximum absolute atomic E-state index is 4.75. The molecule has 4 heteroatoms. The van der Waals surface area contributed by atoms with Crippen LogP contribution < -0.4 is 5.32 Å². The summed E-state index contributed by atoms with van der Waals surface area (Å²) < 4.78 is 0. The molecule has 4 rings (SSSR count). The molecule has 0 radical (unpaired) electrons. The molecule has 0 aliphatic carbocycles. The van der Waals surface area contributed by atoms with Gasteiger partial charge < -0.3 is 5.32 Å². The van der Waals surface area contributed by atoms with Crippen LogP contribution >= 0.6 is 11.3 Å². The van der Waals surface area contributed by atoms with Crippen molar-refractivity contribution in [2.24, 2.45) is 0 Å². The molecule has 0 spiro atoms. The quantitative estimate of drug-likeness (QED) is 0.517. The Morgan fingerprint density at radius 1 is 0.818 bits per heavy atom. The number of anilines is 2. The number of nitrogens with zero attached hydrogens (tertiary/aromatic N) is 2. The van der Waals surface area contributed by atoms with E-state index in [1.807, 2.05) is 43.3 Å². The predicted octanol–water partition coefficient (Wildman–Crippen LogP) is 5.20. The molecule has 0 bridgehead atoms. The van der Waals surface area contributed by atoms with Crippen LogP contribution in [0.15, 0.2) is 48.5 Å². The average Bonchev–Trinajstić information content (AvgIpc) is 2.85. The number of aromatic nitrogens is 2. The molecule has 1 N–H and O–H groups in total. The number of pyridine rings is 1. The molecule has 0 atom stereocenters. The molecular formula is C18H15N3S. The van der Waals surface area contributed by atoms with Gasteiger partial charge in [0.05, 0.1) is 22.4 Å². The van der Waals surface area contributed by atoms with E-state index in [-0.39, 0.29) is 0 Å². The van der Waals surface area contributed by atoms with Gasteiger partial charge in [-0.25, -0.2) is 9.97 Å². The Morgan fingerprint density at radius 3 is 1.95 bits per heavy atom. The summed E-state index contributed by atoms with van der Waals surface area (Å²) in [4.78, 5) is 10.6. The molecule has 0 aliphatic heterocycles. The molecule has 22 heavy (non-hydrogen) atoms. The number of thiazole rings is 1. The Labute approximate surface area is 132 Å². The average molecular weight is 305 g/mol. The first-order valence-electron chi connectivity index (χ1n) is 7.21. The van der Waals surface area contributed by atoms with Gasteiger partial charge in [0.15, 0.2) is 5.13 Å². The molecule has 0 saturated carbocycles. The zero-order valence-electron chi connectivity index (χ0n) is 12.4. The van der Waals surface area contributed by atoms with E-state index in [2.05, 4.69) is 29.4 Å². The molecule has 2 aromatic carbocycles. The fourth-order valence-electron chi connectivity index (χ4n) is 2.61. The topological polar surface area (TPSA) is 37.8 Å². The number of hydrogen-bond acceptors (Lipinski definition) is 4. The Balaban J connectivity index is 1.99. The van der Waals surface area contributed by atoms with Gasteiger partial charge in [-0.05, 0) is 26.0 Å². The van der Waals surface area contributed by atoms with Crippen molar-refractivity contribution in [3.05, 3.63) is 59.1 Å². The van der Waals surface area contributed by atoms with Gasteiger partial charge in [0.2, 0.25) is 0 Å². The predicted molar refractivity (Wildman–Crippen MR) is 94.1 cm³/mol. The summed E-state index contributed by atoms with van der Waals surface area (Å²) >= 11 is 1.68. The molecule has 0 unspecified atom stereocenters. The third-order valence-electron chi connectivity index (χ3n) is 3.85. The van der Waals surface area contributed by atoms with E-state index in [0.717, 1.165) is 38.3 Å². The Hall–Kier alpha value is -2.46. The molecule has 2 aromatic heterocycles. The fraction of sp³-hybridized carbons (Fsp3) is 0.111. The summed E-state index contributed by atoms with van der Waals surface area (Å²) in [5, 5.41) is 6.68. The van der Waals surface area contributed by atoms with E-state index in [9.17, 15) is 0 Å². The van der Waals surface area contributed by atoms with E-state index in [1.54, 1.807) is 11.3 Å². The highest BCUT2D eigenvalue weighted by atomic mass is 32.1. The molecule has 0 amide bonds. The van der Waals surface area contributed by atoms with Crippen molar-refractivity contribution < 1.29 is 0 Å². The molecule has 0 saturated heterocycles. The van der Waals surface area contributed by atoms with Crippen LogP contribution in [0.3, 0.4) is 0 Å². The van der Waals surface area contributed by atoms with E-state index in [1.165, 1.54) is 4.88 Å². The van der Waals surface area contributed by atoms with Gasteiger partial charge >= 0.3 is 0 Å². The van der Waals surface area contributed by atoms with Gasteiger partial charge in [-0.1, -0.05) is 36.4 Å². The lowest BCUT2D eigenvalue weighted by Gasteiger charge is -2.11. The maximum Gasteiger partial charge on any atom is 0.187 e. The van der Waals surface area contributed by atoms with E-state index in [4.69, 9.17) is 4.98 Å². The van der Waals surface area contributed by atoms with E-state index < -0.39 is 0 Å². The number of benzene rings is 2. The molecule has 3 nitrogen and oxygen atoms in total. The smallest absolute Gasteiger partial charge is 0.187 e. The molecule has 0 fully saturated rings. The maximum atomic E-state index is 4.75. The Bertz CT molecular complexity index is 915. The van der Waals surface area contributed by atoms with Crippen LogP contribution in [-0.4, -0.2) is 9.97 Å². The second-order valence-electron chi connectivity index (χ2n) is 5.31. The highest BCUT2D eigenvalue weighted by molar-refractivity contribution is 7.15. The third kappa shape index (κ3) is 2.12. The van der Waals surface area contributed by atoms with Gasteiger partial charge in [-0.2, -0.15) is 0 Å². The minimum Gasteiger partial charge on any atom is -0.330 e. The molecule has 0 aliphatic rings. The summed E-state index contributed by atoms with van der Waals surface area (Å²) in [7, 11) is 0. The van der Waals surface area contributed by atoms with Crippen molar-refractivity contribution >= 4 is 44.0 Å². The first-order valence-corrected chi connectivity index (χ1v) is 8.02. The largest absolute Gasteiger partial charge is 0.330 e. The minimum absolute atomic E-state index is 0.927. The van der Waals surface area contributed by atoms with Crippen molar-refractivity contribution in [3.63, 3.8) is 0 Å². The standard InChI is InChI=1S/C18H15N3S/c1-11-12(2)22-18(19-11)21-17-13-7-3-5-9-15(13)20-16-10-6-4-8-14(16)17/h3-10H,1-2H3,(H,19,20,21). The molecule has 2 heterocycles. The van der Waals surface area contributed by atoms with Gasteiger partial charge in [0.1, 0.15) is 0 Å². The second-order valence-corrected chi connectivity index (χ2v) is 6.51. The lowest BCUT2D eigenvalue weighted by atomic mass is 10.1. The second kappa shape index (κ2) is 5.07. The minimum atomic E-state index is 0.927. The van der Waals surface area contributed by atoms with Crippen molar-refractivity contribution in [2.75, 3.05) is 5.32 Å². The van der Waals surface area contributed by atoms with Gasteiger partial charge in [0.25, 0.3) is 0 Å². The number of rotatable bonds is 2. The number of hydrogen-bond donors (Lipinski definition) is 1. The van der Waals surface area contributed by atoms with E-state index >= 15 is 0 Å². The number of nitrogens with one attached hydrogen (secondary N) is 1. The van der Waals surface area contributed by atoms with Crippen LogP contribution in [0.25, 0.3) is 21.8 Å². The zero-order valence-corrected chi connectivity index (χ0v) is 13.2. The summed E-state index contributed by atoms with van der Waals surface area (Å²) in [6.07, 6.45) is 0. The molecule has 108 valence electrons. The Morgan fingerprint density at radius 2 is 1.41 bits per heavy atom. The van der Waals surface area contributed by atoms with Crippen molar-refractivity contribution in [1.82, 2.24) is 9.97 Å². The summed E-state index contributed by atoms with van der Waals surface area (Å²) in [5.74, 6) is 0. The summed E-state index contributed by atoms with van der Waals surface area (Å²) in [6.45, 7) is 4.14. The number of fused-ring (bicyclic) bond motifs is 2. The summed E-state index contributed by atoms with van der Waals surface area (Å²) in [5.41, 5.74) is 4.15. The highest BCUT2D eigenvalue weighted by Gasteiger charge is 2.11. The van der Waals surface area contributed by atoms with Gasteiger partial charge in [-0.3, -0.25) is 0 Å². The van der Waals surface area contributed by atoms with Crippen molar-refractivity contribution in [2.45, 2.75) is 13.8 Å². The monoisotopic (exact) mass is 305 g/mol. The van der Waals surface area contributed by atoms with Crippen molar-refractivity contribution in [3.8, 4) is 0 Å². The molecule has 4 aromatic rings. The Kier molecular flexibility index (Phi) is 3.05. The SMILES string of the molecule is Cc1nc(Nc2c3ccccc3nc3ccccc23)sc1C. The lowest BCUT2D eigenvalue weighted by Crippen LogP contribution is -1.94. The first kappa shape index (κ1) is 13.2. The van der Waals surface area contributed by atoms with Crippen LogP contribution in [0.4, 0.5) is 10.8 Å². The lowest BCUT2D eigenvalue weighted by molar-refractivity contribution is 1.23. The van der Waals surface area contributed by atoms with Gasteiger partial charge in [0, 0.05) is 15.6 Å².